The predicted octanol–water partition coefficient (Wildman–Crippen LogP) is 2.22. The molecule has 0 amide bonds. The Bertz CT molecular complexity index is 755. The molecule has 2 heterocycles. The third kappa shape index (κ3) is 5.38. The summed E-state index contributed by atoms with van der Waals surface area (Å²) >= 11 is 5.79. The van der Waals surface area contributed by atoms with Crippen LogP contribution >= 0.6 is 12.2 Å². The number of nitrogens with zero attached hydrogens (tertiary/aromatic N) is 5. The molecule has 0 radical (unpaired) electrons. The van der Waals surface area contributed by atoms with Gasteiger partial charge in [-0.1, -0.05) is 30.3 Å². The van der Waals surface area contributed by atoms with E-state index in [1.165, 1.54) is 5.56 Å². The van der Waals surface area contributed by atoms with Gasteiger partial charge in [0.15, 0.2) is 0 Å². The molecule has 0 atom stereocenters. The maximum absolute atomic E-state index is 5.79. The van der Waals surface area contributed by atoms with Gasteiger partial charge in [-0.2, -0.15) is 0 Å². The van der Waals surface area contributed by atoms with E-state index in [0.717, 1.165) is 63.1 Å². The number of benzene rings is 1. The van der Waals surface area contributed by atoms with Gasteiger partial charge in [-0.25, -0.2) is 4.68 Å². The average molecular weight is 392 g/mol. The van der Waals surface area contributed by atoms with Crippen LogP contribution in [-0.2, 0) is 22.7 Å². The van der Waals surface area contributed by atoms with E-state index < -0.39 is 0 Å². The summed E-state index contributed by atoms with van der Waals surface area (Å²) < 4.78 is 15.5. The molecule has 0 aliphatic carbocycles. The second kappa shape index (κ2) is 9.98. The summed E-state index contributed by atoms with van der Waals surface area (Å²) in [4.78, 5) is 4.49. The average Bonchev–Trinajstić information content (AvgIpc) is 2.99. The quantitative estimate of drug-likeness (QED) is 0.483. The van der Waals surface area contributed by atoms with Gasteiger partial charge in [0, 0.05) is 33.4 Å². The minimum Gasteiger partial charge on any atom is -0.385 e. The first-order valence-corrected chi connectivity index (χ1v) is 9.81. The van der Waals surface area contributed by atoms with Gasteiger partial charge in [-0.05, 0) is 31.2 Å². The van der Waals surface area contributed by atoms with Gasteiger partial charge in [0.1, 0.15) is 0 Å². The summed E-state index contributed by atoms with van der Waals surface area (Å²) in [5.41, 5.74) is 1.22. The molecule has 8 heteroatoms. The molecule has 1 fully saturated rings. The van der Waals surface area contributed by atoms with Crippen LogP contribution in [0.5, 0.6) is 0 Å². The molecule has 1 aliphatic heterocycles. The van der Waals surface area contributed by atoms with Gasteiger partial charge in [0.2, 0.25) is 10.7 Å². The van der Waals surface area contributed by atoms with E-state index in [2.05, 4.69) is 45.7 Å². The summed E-state index contributed by atoms with van der Waals surface area (Å²) in [5.74, 6) is 0.928. The molecule has 0 N–H and O–H groups in total. The van der Waals surface area contributed by atoms with Crippen LogP contribution < -0.4 is 4.90 Å². The topological polar surface area (TPSA) is 47.7 Å². The fourth-order valence-corrected chi connectivity index (χ4v) is 3.45. The number of ether oxygens (including phenoxy) is 2. The SMILES string of the molecule is COCCCN(C)Cn1nc(N2CCOCC2)n(Cc2ccccc2)c1=S. The third-order valence-electron chi connectivity index (χ3n) is 4.64. The van der Waals surface area contributed by atoms with Crippen molar-refractivity contribution in [2.45, 2.75) is 19.6 Å². The Morgan fingerprint density at radius 2 is 1.96 bits per heavy atom. The molecule has 1 aromatic carbocycles. The van der Waals surface area contributed by atoms with Crippen LogP contribution in [0.15, 0.2) is 30.3 Å². The van der Waals surface area contributed by atoms with E-state index in [9.17, 15) is 0 Å². The smallest absolute Gasteiger partial charge is 0.226 e. The predicted molar refractivity (Wildman–Crippen MR) is 109 cm³/mol. The highest BCUT2D eigenvalue weighted by atomic mass is 32.1. The van der Waals surface area contributed by atoms with Gasteiger partial charge in [0.05, 0.1) is 26.4 Å². The van der Waals surface area contributed by atoms with Crippen molar-refractivity contribution in [2.24, 2.45) is 0 Å². The fourth-order valence-electron chi connectivity index (χ4n) is 3.20. The van der Waals surface area contributed by atoms with Gasteiger partial charge in [0.25, 0.3) is 0 Å². The van der Waals surface area contributed by atoms with Crippen molar-refractivity contribution in [3.05, 3.63) is 40.7 Å². The molecule has 2 aromatic rings. The third-order valence-corrected chi connectivity index (χ3v) is 5.08. The van der Waals surface area contributed by atoms with Crippen molar-refractivity contribution in [1.29, 1.82) is 0 Å². The zero-order valence-corrected chi connectivity index (χ0v) is 17.0. The molecular weight excluding hydrogens is 362 g/mol. The lowest BCUT2D eigenvalue weighted by Crippen LogP contribution is -2.38. The summed E-state index contributed by atoms with van der Waals surface area (Å²) in [6, 6.07) is 10.4. The fraction of sp³-hybridized carbons (Fsp3) is 0.579. The van der Waals surface area contributed by atoms with Crippen molar-refractivity contribution in [3.8, 4) is 0 Å². The lowest BCUT2D eigenvalue weighted by atomic mass is 10.2. The number of morpholine rings is 1. The molecule has 1 aliphatic rings. The lowest BCUT2D eigenvalue weighted by molar-refractivity contribution is 0.121. The molecule has 27 heavy (non-hydrogen) atoms. The first kappa shape index (κ1) is 20.0. The molecule has 7 nitrogen and oxygen atoms in total. The molecule has 3 rings (SSSR count). The van der Waals surface area contributed by atoms with Crippen molar-refractivity contribution >= 4 is 18.2 Å². The molecule has 0 saturated carbocycles. The standard InChI is InChI=1S/C19H29N5O2S/c1-21(9-6-12-25-2)16-24-19(27)23(15-17-7-4-3-5-8-17)18(20-24)22-10-13-26-14-11-22/h3-5,7-8H,6,9-16H2,1-2H3. The minimum absolute atomic E-state index is 0.668. The minimum atomic E-state index is 0.668. The monoisotopic (exact) mass is 391 g/mol. The van der Waals surface area contributed by atoms with Gasteiger partial charge >= 0.3 is 0 Å². The highest BCUT2D eigenvalue weighted by Crippen LogP contribution is 2.18. The maximum atomic E-state index is 5.79. The summed E-state index contributed by atoms with van der Waals surface area (Å²) in [5, 5.41) is 4.87. The number of hydrogen-bond donors (Lipinski definition) is 0. The van der Waals surface area contributed by atoms with E-state index in [-0.39, 0.29) is 0 Å². The van der Waals surface area contributed by atoms with Gasteiger partial charge in [-0.3, -0.25) is 9.47 Å². The second-order valence-corrected chi connectivity index (χ2v) is 7.19. The molecular formula is C19H29N5O2S. The Hall–Kier alpha value is -1.74. The van der Waals surface area contributed by atoms with E-state index >= 15 is 0 Å². The van der Waals surface area contributed by atoms with Crippen LogP contribution in [0.1, 0.15) is 12.0 Å². The van der Waals surface area contributed by atoms with Crippen LogP contribution in [0.25, 0.3) is 0 Å². The number of rotatable bonds is 9. The summed E-state index contributed by atoms with van der Waals surface area (Å²) in [7, 11) is 3.82. The second-order valence-electron chi connectivity index (χ2n) is 6.82. The van der Waals surface area contributed by atoms with Crippen molar-refractivity contribution in [3.63, 3.8) is 0 Å². The van der Waals surface area contributed by atoms with Gasteiger partial charge < -0.3 is 14.4 Å². The summed E-state index contributed by atoms with van der Waals surface area (Å²) in [6.45, 7) is 6.21. The lowest BCUT2D eigenvalue weighted by Gasteiger charge is -2.27. The van der Waals surface area contributed by atoms with Crippen LogP contribution in [-0.4, -0.2) is 72.9 Å². The van der Waals surface area contributed by atoms with E-state index in [1.54, 1.807) is 7.11 Å². The first-order chi connectivity index (χ1) is 13.2. The Morgan fingerprint density at radius 3 is 2.67 bits per heavy atom. The van der Waals surface area contributed by atoms with Crippen LogP contribution in [0.2, 0.25) is 0 Å². The Morgan fingerprint density at radius 1 is 1.22 bits per heavy atom. The van der Waals surface area contributed by atoms with Gasteiger partial charge in [-0.15, -0.1) is 5.10 Å². The highest BCUT2D eigenvalue weighted by molar-refractivity contribution is 7.71. The largest absolute Gasteiger partial charge is 0.385 e. The summed E-state index contributed by atoms with van der Waals surface area (Å²) in [6.07, 6.45) is 0.987. The highest BCUT2D eigenvalue weighted by Gasteiger charge is 2.20. The zero-order valence-electron chi connectivity index (χ0n) is 16.2. The number of hydrogen-bond acceptors (Lipinski definition) is 6. The van der Waals surface area contributed by atoms with Crippen molar-refractivity contribution in [2.75, 3.05) is 58.5 Å². The van der Waals surface area contributed by atoms with Crippen molar-refractivity contribution in [1.82, 2.24) is 19.2 Å². The molecule has 0 unspecified atom stereocenters. The normalized spacial score (nSPS) is 14.9. The first-order valence-electron chi connectivity index (χ1n) is 9.41. The van der Waals surface area contributed by atoms with Crippen LogP contribution in [0.4, 0.5) is 5.95 Å². The molecule has 148 valence electrons. The van der Waals surface area contributed by atoms with E-state index in [1.807, 2.05) is 10.7 Å². The molecule has 1 saturated heterocycles. The van der Waals surface area contributed by atoms with Crippen molar-refractivity contribution < 1.29 is 9.47 Å². The number of methoxy groups -OCH3 is 1. The molecule has 1 aromatic heterocycles. The Labute approximate surface area is 166 Å². The van der Waals surface area contributed by atoms with Crippen LogP contribution in [0, 0.1) is 4.77 Å². The Kier molecular flexibility index (Phi) is 7.40. The molecule has 0 bridgehead atoms. The Balaban J connectivity index is 1.82. The molecule has 0 spiro atoms. The number of aromatic nitrogens is 3. The maximum Gasteiger partial charge on any atom is 0.226 e. The van der Waals surface area contributed by atoms with Crippen LogP contribution in [0.3, 0.4) is 0 Å². The van der Waals surface area contributed by atoms with E-state index in [4.69, 9.17) is 26.8 Å². The van der Waals surface area contributed by atoms with E-state index in [0.29, 0.717) is 6.67 Å². The number of anilines is 1. The zero-order chi connectivity index (χ0) is 19.1.